The molecule has 0 bridgehead atoms. The summed E-state index contributed by atoms with van der Waals surface area (Å²) in [6.07, 6.45) is -0.738. The van der Waals surface area contributed by atoms with Crippen LogP contribution in [0.2, 0.25) is 0 Å². The van der Waals surface area contributed by atoms with E-state index in [0.717, 1.165) is 0 Å². The van der Waals surface area contributed by atoms with Crippen molar-refractivity contribution < 1.29 is 9.53 Å². The summed E-state index contributed by atoms with van der Waals surface area (Å²) in [6.45, 7) is 6.77. The second kappa shape index (κ2) is 4.11. The lowest BCUT2D eigenvalue weighted by Crippen LogP contribution is -2.53. The van der Waals surface area contributed by atoms with Crippen molar-refractivity contribution in [3.8, 4) is 0 Å². The minimum Gasteiger partial charge on any atom is -0.447 e. The topological polar surface area (TPSA) is 88.2 Å². The zero-order chi connectivity index (χ0) is 10.6. The Balaban J connectivity index is 4.12. The molecule has 0 aromatic rings. The van der Waals surface area contributed by atoms with Crippen LogP contribution in [0.3, 0.4) is 0 Å². The molecular formula is C8H17N3O2. The third-order valence-electron chi connectivity index (χ3n) is 1.43. The normalized spacial score (nSPS) is 11.2. The van der Waals surface area contributed by atoms with Crippen molar-refractivity contribution in [3.05, 3.63) is 0 Å². The van der Waals surface area contributed by atoms with Crippen molar-refractivity contribution in [1.82, 2.24) is 5.32 Å². The van der Waals surface area contributed by atoms with Gasteiger partial charge in [0, 0.05) is 0 Å². The quantitative estimate of drug-likeness (QED) is 0.451. The van der Waals surface area contributed by atoms with Crippen LogP contribution < -0.4 is 11.1 Å². The monoisotopic (exact) mass is 187 g/mol. The summed E-state index contributed by atoms with van der Waals surface area (Å²) in [7, 11) is 0. The van der Waals surface area contributed by atoms with Gasteiger partial charge in [-0.25, -0.2) is 4.79 Å². The molecule has 0 fully saturated rings. The second-order valence-electron chi connectivity index (χ2n) is 3.62. The smallest absolute Gasteiger partial charge is 0.408 e. The summed E-state index contributed by atoms with van der Waals surface area (Å²) in [5, 5.41) is 9.66. The summed E-state index contributed by atoms with van der Waals surface area (Å²) < 4.78 is 4.83. The molecule has 0 atom stereocenters. The third-order valence-corrected chi connectivity index (χ3v) is 1.43. The maximum atomic E-state index is 11.1. The molecule has 0 aromatic carbocycles. The van der Waals surface area contributed by atoms with Gasteiger partial charge in [0.15, 0.2) is 0 Å². The lowest BCUT2D eigenvalue weighted by atomic mass is 10.1. The van der Waals surface area contributed by atoms with Crippen LogP contribution in [-0.2, 0) is 4.74 Å². The molecule has 0 rings (SSSR count). The number of carbonyl (C=O) groups is 1. The lowest BCUT2D eigenvalue weighted by molar-refractivity contribution is 0.111. The van der Waals surface area contributed by atoms with Gasteiger partial charge in [0.2, 0.25) is 0 Å². The average Bonchev–Trinajstić information content (AvgIpc) is 1.82. The molecule has 0 unspecified atom stereocenters. The fourth-order valence-corrected chi connectivity index (χ4v) is 0.566. The van der Waals surface area contributed by atoms with Crippen molar-refractivity contribution >= 4 is 11.9 Å². The van der Waals surface area contributed by atoms with Gasteiger partial charge in [-0.3, -0.25) is 5.41 Å². The molecule has 0 aromatic heterocycles. The summed E-state index contributed by atoms with van der Waals surface area (Å²) in [6, 6.07) is 0. The fraction of sp³-hybridized carbons (Fsp3) is 0.750. The first-order valence-electron chi connectivity index (χ1n) is 4.09. The Kier molecular flexibility index (Phi) is 3.71. The van der Waals surface area contributed by atoms with Gasteiger partial charge in [0.05, 0.1) is 11.6 Å². The van der Waals surface area contributed by atoms with Crippen LogP contribution in [0.25, 0.3) is 0 Å². The Morgan fingerprint density at radius 1 is 1.54 bits per heavy atom. The highest BCUT2D eigenvalue weighted by Crippen LogP contribution is 2.01. The molecule has 0 heterocycles. The first kappa shape index (κ1) is 11.7. The zero-order valence-corrected chi connectivity index (χ0v) is 8.47. The van der Waals surface area contributed by atoms with Crippen LogP contribution in [0.1, 0.15) is 27.7 Å². The Morgan fingerprint density at radius 2 is 2.00 bits per heavy atom. The maximum absolute atomic E-state index is 11.1. The van der Waals surface area contributed by atoms with Crippen LogP contribution >= 0.6 is 0 Å². The Hall–Kier alpha value is -1.26. The first-order chi connectivity index (χ1) is 5.75. The summed E-state index contributed by atoms with van der Waals surface area (Å²) in [5.41, 5.74) is 4.41. The molecule has 13 heavy (non-hydrogen) atoms. The van der Waals surface area contributed by atoms with Gasteiger partial charge in [-0.1, -0.05) is 0 Å². The van der Waals surface area contributed by atoms with E-state index in [1.807, 2.05) is 0 Å². The number of carbonyl (C=O) groups excluding carboxylic acids is 1. The van der Waals surface area contributed by atoms with Crippen LogP contribution in [0.15, 0.2) is 0 Å². The van der Waals surface area contributed by atoms with E-state index in [-0.39, 0.29) is 11.9 Å². The molecule has 0 aliphatic rings. The molecule has 0 saturated carbocycles. The molecule has 0 aliphatic carbocycles. The number of ether oxygens (including phenoxy) is 1. The number of hydrogen-bond donors (Lipinski definition) is 3. The highest BCUT2D eigenvalue weighted by atomic mass is 16.6. The number of rotatable bonds is 3. The van der Waals surface area contributed by atoms with Crippen molar-refractivity contribution in [1.29, 1.82) is 5.41 Å². The molecule has 76 valence electrons. The molecule has 5 heteroatoms. The van der Waals surface area contributed by atoms with Gasteiger partial charge in [-0.2, -0.15) is 0 Å². The van der Waals surface area contributed by atoms with Crippen LogP contribution in [0.4, 0.5) is 4.79 Å². The molecule has 0 saturated heterocycles. The van der Waals surface area contributed by atoms with Gasteiger partial charge >= 0.3 is 6.09 Å². The first-order valence-corrected chi connectivity index (χ1v) is 4.09. The molecule has 0 spiro atoms. The Morgan fingerprint density at radius 3 is 2.31 bits per heavy atom. The molecule has 1 amide bonds. The number of amides is 1. The summed E-state index contributed by atoms with van der Waals surface area (Å²) in [5.74, 6) is -0.104. The minimum absolute atomic E-state index is 0.104. The zero-order valence-electron chi connectivity index (χ0n) is 8.47. The van der Waals surface area contributed by atoms with E-state index < -0.39 is 11.6 Å². The third kappa shape index (κ3) is 4.35. The Bertz CT molecular complexity index is 211. The van der Waals surface area contributed by atoms with E-state index >= 15 is 0 Å². The van der Waals surface area contributed by atoms with Crippen molar-refractivity contribution in [3.63, 3.8) is 0 Å². The average molecular weight is 187 g/mol. The highest BCUT2D eigenvalue weighted by Gasteiger charge is 2.24. The molecule has 0 radical (unpaired) electrons. The second-order valence-corrected chi connectivity index (χ2v) is 3.62. The van der Waals surface area contributed by atoms with Crippen molar-refractivity contribution in [2.45, 2.75) is 39.3 Å². The van der Waals surface area contributed by atoms with Gasteiger partial charge in [0.25, 0.3) is 0 Å². The van der Waals surface area contributed by atoms with Gasteiger partial charge < -0.3 is 15.8 Å². The number of nitrogens with one attached hydrogen (secondary N) is 2. The van der Waals surface area contributed by atoms with Gasteiger partial charge in [-0.05, 0) is 27.7 Å². The fourth-order valence-electron chi connectivity index (χ4n) is 0.566. The summed E-state index contributed by atoms with van der Waals surface area (Å²) in [4.78, 5) is 11.1. The molecule has 5 nitrogen and oxygen atoms in total. The number of nitrogens with two attached hydrogens (primary N) is 1. The lowest BCUT2D eigenvalue weighted by Gasteiger charge is -2.24. The Labute approximate surface area is 78.1 Å². The van der Waals surface area contributed by atoms with Gasteiger partial charge in [0.1, 0.15) is 5.84 Å². The largest absolute Gasteiger partial charge is 0.447 e. The predicted octanol–water partition coefficient (Wildman–Crippen LogP) is 0.836. The standard InChI is InChI=1S/C8H17N3O2/c1-5(2)13-7(12)11-8(3,4)6(9)10/h5H,1-4H3,(H3,9,10)(H,11,12). The maximum Gasteiger partial charge on any atom is 0.408 e. The number of amidine groups is 1. The minimum atomic E-state index is -0.855. The molecular weight excluding hydrogens is 170 g/mol. The van der Waals surface area contributed by atoms with Crippen LogP contribution in [-0.4, -0.2) is 23.6 Å². The van der Waals surface area contributed by atoms with E-state index in [1.165, 1.54) is 0 Å². The van der Waals surface area contributed by atoms with Gasteiger partial charge in [-0.15, -0.1) is 0 Å². The molecule has 0 aliphatic heterocycles. The van der Waals surface area contributed by atoms with E-state index in [0.29, 0.717) is 0 Å². The van der Waals surface area contributed by atoms with E-state index in [1.54, 1.807) is 27.7 Å². The van der Waals surface area contributed by atoms with Crippen molar-refractivity contribution in [2.75, 3.05) is 0 Å². The summed E-state index contributed by atoms with van der Waals surface area (Å²) >= 11 is 0. The van der Waals surface area contributed by atoms with Crippen molar-refractivity contribution in [2.24, 2.45) is 5.73 Å². The van der Waals surface area contributed by atoms with Crippen LogP contribution in [0, 0.1) is 5.41 Å². The number of hydrogen-bond acceptors (Lipinski definition) is 3. The SMILES string of the molecule is CC(C)OC(=O)NC(C)(C)C(=N)N. The predicted molar refractivity (Wildman–Crippen MR) is 50.7 cm³/mol. The number of alkyl carbamates (subject to hydrolysis) is 1. The molecule has 4 N–H and O–H groups in total. The van der Waals surface area contributed by atoms with E-state index in [4.69, 9.17) is 15.9 Å². The van der Waals surface area contributed by atoms with Crippen LogP contribution in [0.5, 0.6) is 0 Å². The highest BCUT2D eigenvalue weighted by molar-refractivity contribution is 5.89. The van der Waals surface area contributed by atoms with E-state index in [9.17, 15) is 4.79 Å². The van der Waals surface area contributed by atoms with E-state index in [2.05, 4.69) is 5.32 Å².